The molecule has 0 aliphatic carbocycles. The summed E-state index contributed by atoms with van der Waals surface area (Å²) in [6, 6.07) is 0.170. The zero-order valence-electron chi connectivity index (χ0n) is 14.6. The standard InChI is InChI=1S/C17H23N5O3/c1-3-5-14-18-7-9-22(14)12-6-4-8-21(11-12)16(23)15-13(17(24)25)10-19-20(15)2/h7,9-10,12H,3-6,8,11H2,1-2H3,(H,24,25). The van der Waals surface area contributed by atoms with Gasteiger partial charge in [-0.2, -0.15) is 5.10 Å². The molecule has 1 aliphatic heterocycles. The van der Waals surface area contributed by atoms with E-state index in [1.807, 2.05) is 6.20 Å². The van der Waals surface area contributed by atoms with E-state index in [1.165, 1.54) is 10.9 Å². The number of aromatic carboxylic acids is 1. The first kappa shape index (κ1) is 17.2. The molecule has 0 saturated carbocycles. The number of hydrogen-bond donors (Lipinski definition) is 1. The number of aryl methyl sites for hydroxylation is 2. The van der Waals surface area contributed by atoms with Crippen LogP contribution in [0.2, 0.25) is 0 Å². The van der Waals surface area contributed by atoms with Crippen molar-refractivity contribution in [2.75, 3.05) is 13.1 Å². The number of carboxylic acid groups (broad SMARTS) is 1. The van der Waals surface area contributed by atoms with Gasteiger partial charge in [0.15, 0.2) is 0 Å². The van der Waals surface area contributed by atoms with Gasteiger partial charge in [0.2, 0.25) is 0 Å². The molecule has 1 aliphatic rings. The number of imidazole rings is 1. The predicted octanol–water partition coefficient (Wildman–Crippen LogP) is 1.74. The van der Waals surface area contributed by atoms with Crippen LogP contribution in [-0.4, -0.2) is 54.3 Å². The molecule has 1 fully saturated rings. The summed E-state index contributed by atoms with van der Waals surface area (Å²) < 4.78 is 3.50. The Kier molecular flexibility index (Phi) is 4.87. The molecule has 0 spiro atoms. The normalized spacial score (nSPS) is 17.7. The molecule has 1 unspecified atom stereocenters. The second kappa shape index (κ2) is 7.08. The Morgan fingerprint density at radius 3 is 2.92 bits per heavy atom. The van der Waals surface area contributed by atoms with Crippen molar-refractivity contribution in [3.63, 3.8) is 0 Å². The van der Waals surface area contributed by atoms with Crippen LogP contribution in [0.25, 0.3) is 0 Å². The molecule has 1 saturated heterocycles. The van der Waals surface area contributed by atoms with Crippen LogP contribution < -0.4 is 0 Å². The molecule has 8 heteroatoms. The van der Waals surface area contributed by atoms with E-state index in [4.69, 9.17) is 0 Å². The number of rotatable bonds is 5. The van der Waals surface area contributed by atoms with Gasteiger partial charge in [0, 0.05) is 39.0 Å². The zero-order chi connectivity index (χ0) is 18.0. The van der Waals surface area contributed by atoms with Gasteiger partial charge in [-0.05, 0) is 19.3 Å². The Balaban J connectivity index is 1.82. The molecule has 0 bridgehead atoms. The lowest BCUT2D eigenvalue weighted by Crippen LogP contribution is -2.42. The third-order valence-electron chi connectivity index (χ3n) is 4.67. The summed E-state index contributed by atoms with van der Waals surface area (Å²) in [7, 11) is 1.59. The van der Waals surface area contributed by atoms with Crippen LogP contribution in [0.15, 0.2) is 18.6 Å². The number of aromatic nitrogens is 4. The van der Waals surface area contributed by atoms with Gasteiger partial charge >= 0.3 is 5.97 Å². The second-order valence-corrected chi connectivity index (χ2v) is 6.38. The quantitative estimate of drug-likeness (QED) is 0.891. The molecule has 0 aromatic carbocycles. The molecular weight excluding hydrogens is 322 g/mol. The molecule has 1 amide bonds. The molecule has 0 radical (unpaired) electrons. The number of carbonyl (C=O) groups is 2. The fourth-order valence-corrected chi connectivity index (χ4v) is 3.46. The Morgan fingerprint density at radius 1 is 1.40 bits per heavy atom. The van der Waals surface area contributed by atoms with Gasteiger partial charge < -0.3 is 14.6 Å². The molecule has 134 valence electrons. The fraction of sp³-hybridized carbons (Fsp3) is 0.529. The van der Waals surface area contributed by atoms with Crippen molar-refractivity contribution in [1.82, 2.24) is 24.2 Å². The van der Waals surface area contributed by atoms with E-state index in [9.17, 15) is 14.7 Å². The third kappa shape index (κ3) is 3.29. The van der Waals surface area contributed by atoms with Gasteiger partial charge in [0.25, 0.3) is 5.91 Å². The Hall–Kier alpha value is -2.64. The van der Waals surface area contributed by atoms with Crippen molar-refractivity contribution in [3.05, 3.63) is 35.7 Å². The molecule has 2 aromatic rings. The highest BCUT2D eigenvalue weighted by molar-refractivity contribution is 6.03. The zero-order valence-corrected chi connectivity index (χ0v) is 14.6. The molecule has 8 nitrogen and oxygen atoms in total. The minimum Gasteiger partial charge on any atom is -0.478 e. The lowest BCUT2D eigenvalue weighted by molar-refractivity contribution is 0.0636. The summed E-state index contributed by atoms with van der Waals surface area (Å²) in [5.41, 5.74) is 0.0801. The molecule has 1 atom stereocenters. The number of carboxylic acids is 1. The average Bonchev–Trinajstić information content (AvgIpc) is 3.21. The lowest BCUT2D eigenvalue weighted by atomic mass is 10.0. The average molecular weight is 345 g/mol. The second-order valence-electron chi connectivity index (χ2n) is 6.38. The van der Waals surface area contributed by atoms with Gasteiger partial charge in [-0.15, -0.1) is 0 Å². The van der Waals surface area contributed by atoms with Gasteiger partial charge in [0.1, 0.15) is 17.1 Å². The van der Waals surface area contributed by atoms with E-state index in [0.717, 1.165) is 31.5 Å². The summed E-state index contributed by atoms with van der Waals surface area (Å²) in [4.78, 5) is 30.4. The van der Waals surface area contributed by atoms with Gasteiger partial charge in [-0.25, -0.2) is 9.78 Å². The minimum atomic E-state index is -1.13. The maximum absolute atomic E-state index is 12.9. The van der Waals surface area contributed by atoms with Gasteiger partial charge in [-0.1, -0.05) is 6.92 Å². The number of carbonyl (C=O) groups excluding carboxylic acids is 1. The maximum Gasteiger partial charge on any atom is 0.339 e. The largest absolute Gasteiger partial charge is 0.478 e. The lowest BCUT2D eigenvalue weighted by Gasteiger charge is -2.34. The number of amides is 1. The van der Waals surface area contributed by atoms with Crippen LogP contribution in [0.5, 0.6) is 0 Å². The predicted molar refractivity (Wildman–Crippen MR) is 90.6 cm³/mol. The molecule has 3 rings (SSSR count). The smallest absolute Gasteiger partial charge is 0.339 e. The van der Waals surface area contributed by atoms with Crippen LogP contribution in [0.4, 0.5) is 0 Å². The fourth-order valence-electron chi connectivity index (χ4n) is 3.46. The monoisotopic (exact) mass is 345 g/mol. The first-order chi connectivity index (χ1) is 12.0. The van der Waals surface area contributed by atoms with Crippen LogP contribution in [0.3, 0.4) is 0 Å². The van der Waals surface area contributed by atoms with Crippen molar-refractivity contribution in [2.45, 2.75) is 38.6 Å². The molecular formula is C17H23N5O3. The number of hydrogen-bond acceptors (Lipinski definition) is 4. The molecule has 25 heavy (non-hydrogen) atoms. The van der Waals surface area contributed by atoms with Crippen LogP contribution in [0, 0.1) is 0 Å². The highest BCUT2D eigenvalue weighted by Crippen LogP contribution is 2.25. The SMILES string of the molecule is CCCc1nccn1C1CCCN(C(=O)c2c(C(=O)O)cnn2C)C1. The Labute approximate surface area is 146 Å². The summed E-state index contributed by atoms with van der Waals surface area (Å²) in [5.74, 6) is -0.377. The topological polar surface area (TPSA) is 93.2 Å². The highest BCUT2D eigenvalue weighted by Gasteiger charge is 2.30. The number of likely N-dealkylation sites (tertiary alicyclic amines) is 1. The molecule has 3 heterocycles. The Bertz CT molecular complexity index is 779. The number of nitrogens with zero attached hydrogens (tertiary/aromatic N) is 5. The summed E-state index contributed by atoms with van der Waals surface area (Å²) >= 11 is 0. The summed E-state index contributed by atoms with van der Waals surface area (Å²) in [5, 5.41) is 13.2. The summed E-state index contributed by atoms with van der Waals surface area (Å²) in [6.45, 7) is 3.29. The van der Waals surface area contributed by atoms with Gasteiger partial charge in [0.05, 0.1) is 12.2 Å². The van der Waals surface area contributed by atoms with Gasteiger partial charge in [-0.3, -0.25) is 9.48 Å². The van der Waals surface area contributed by atoms with E-state index in [-0.39, 0.29) is 23.2 Å². The highest BCUT2D eigenvalue weighted by atomic mass is 16.4. The summed E-state index contributed by atoms with van der Waals surface area (Å²) in [6.07, 6.45) is 8.78. The van der Waals surface area contributed by atoms with E-state index in [2.05, 4.69) is 21.6 Å². The van der Waals surface area contributed by atoms with Crippen molar-refractivity contribution >= 4 is 11.9 Å². The van der Waals surface area contributed by atoms with Crippen molar-refractivity contribution in [1.29, 1.82) is 0 Å². The van der Waals surface area contributed by atoms with Crippen LogP contribution >= 0.6 is 0 Å². The maximum atomic E-state index is 12.9. The first-order valence-corrected chi connectivity index (χ1v) is 8.59. The van der Waals surface area contributed by atoms with Crippen LogP contribution in [-0.2, 0) is 13.5 Å². The molecule has 1 N–H and O–H groups in total. The van der Waals surface area contributed by atoms with E-state index in [0.29, 0.717) is 13.1 Å². The minimum absolute atomic E-state index is 0.0519. The Morgan fingerprint density at radius 2 is 2.20 bits per heavy atom. The number of piperidine rings is 1. The third-order valence-corrected chi connectivity index (χ3v) is 4.67. The van der Waals surface area contributed by atoms with Crippen LogP contribution in [0.1, 0.15) is 58.9 Å². The molecule has 2 aromatic heterocycles. The van der Waals surface area contributed by atoms with E-state index in [1.54, 1.807) is 18.1 Å². The van der Waals surface area contributed by atoms with Crippen molar-refractivity contribution in [2.24, 2.45) is 7.05 Å². The van der Waals surface area contributed by atoms with E-state index < -0.39 is 5.97 Å². The van der Waals surface area contributed by atoms with Crippen molar-refractivity contribution in [3.8, 4) is 0 Å². The first-order valence-electron chi connectivity index (χ1n) is 8.59. The van der Waals surface area contributed by atoms with E-state index >= 15 is 0 Å². The van der Waals surface area contributed by atoms with Crippen molar-refractivity contribution < 1.29 is 14.7 Å².